The van der Waals surface area contributed by atoms with E-state index in [1.807, 2.05) is 91.9 Å². The van der Waals surface area contributed by atoms with E-state index >= 15 is 0 Å². The number of piperazine rings is 1. The summed E-state index contributed by atoms with van der Waals surface area (Å²) in [6.07, 6.45) is 20.2. The van der Waals surface area contributed by atoms with Gasteiger partial charge in [0.2, 0.25) is 23.5 Å². The van der Waals surface area contributed by atoms with Gasteiger partial charge in [-0.3, -0.25) is 33.8 Å². The van der Waals surface area contributed by atoms with Gasteiger partial charge in [0.05, 0.1) is 74.1 Å². The SMILES string of the molecule is CO[C@H]1C[C@@H]2CC[C@@H](C)[C@@](O)(O2)C(=O)C(=O)N2CCCC[C@H]2C(=O)O[C@H]([C@H](N)C[C@@H]2CC[C@H](N3NNC=C3c3cccc(-c4cnc(N5CCN(C(=O)CCc6cn(CCOCCOCCC(=O)NCCCCn7nc(-c8ccc9oc(N)nc9c8)c8c(N)ncnc87)nn6)CC5)nc4)c3)[C@H](OC)C2)CC(=O)[C@H](C)/C=C(\C)[C@@H](O)[C@@H](O)C(=O)[C@H](C)C[C@H](C)/C=C/C=C/C=C/1C. The average Bonchev–Trinajstić information content (AvgIpc) is 1.35. The highest BCUT2D eigenvalue weighted by Gasteiger charge is 2.53. The summed E-state index contributed by atoms with van der Waals surface area (Å²) < 4.78 is 45.1. The molecule has 4 fully saturated rings. The zero-order valence-electron chi connectivity index (χ0n) is 75.5. The van der Waals surface area contributed by atoms with Gasteiger partial charge in [0.1, 0.15) is 53.5 Å². The number of rotatable bonds is 27. The second kappa shape index (κ2) is 45.1. The van der Waals surface area contributed by atoms with Crippen molar-refractivity contribution in [1.82, 2.24) is 80.8 Å². The number of methoxy groups -OCH3 is 2. The fourth-order valence-corrected chi connectivity index (χ4v) is 18.2. The Morgan fingerprint density at radius 1 is 0.785 bits per heavy atom. The molecule has 2 bridgehead atoms. The van der Waals surface area contributed by atoms with Gasteiger partial charge in [0, 0.05) is 157 Å². The Bertz CT molecular complexity index is 5240. The summed E-state index contributed by atoms with van der Waals surface area (Å²) in [6, 6.07) is 11.2. The molecule has 3 amide bonds. The van der Waals surface area contributed by atoms with Crippen LogP contribution >= 0.6 is 0 Å². The maximum absolute atomic E-state index is 14.9. The number of aromatic nitrogens is 10. The number of aliphatic hydroxyl groups is 3. The van der Waals surface area contributed by atoms with E-state index in [0.29, 0.717) is 182 Å². The normalized spacial score (nSPS) is 27.4. The molecule has 0 unspecified atom stereocenters. The topological polar surface area (TPSA) is 489 Å². The van der Waals surface area contributed by atoms with Crippen molar-refractivity contribution in [1.29, 1.82) is 0 Å². The number of aryl methyl sites for hydroxylation is 2. The van der Waals surface area contributed by atoms with Gasteiger partial charge in [-0.25, -0.2) is 34.1 Å². The molecule has 2 aromatic carbocycles. The number of aliphatic hydroxyl groups excluding tert-OH is 2. The van der Waals surface area contributed by atoms with E-state index in [2.05, 4.69) is 57.5 Å². The average molecular weight is 1800 g/mol. The number of hydrogen-bond acceptors (Lipinski definition) is 32. The van der Waals surface area contributed by atoms with E-state index in [1.165, 1.54) is 19.3 Å². The van der Waals surface area contributed by atoms with Crippen molar-refractivity contribution in [3.8, 4) is 22.4 Å². The number of benzene rings is 2. The van der Waals surface area contributed by atoms with Gasteiger partial charge in [-0.05, 0) is 144 Å². The summed E-state index contributed by atoms with van der Waals surface area (Å²) in [5, 5.41) is 53.9. The number of carbonyl (C=O) groups excluding carboxylic acids is 7. The number of nitrogens with zero attached hydrogens (tertiary/aromatic N) is 14. The number of esters is 1. The van der Waals surface area contributed by atoms with Gasteiger partial charge in [-0.15, -0.1) is 10.6 Å². The Hall–Kier alpha value is -11.1. The molecule has 37 nitrogen and oxygen atoms in total. The lowest BCUT2D eigenvalue weighted by atomic mass is 9.79. The van der Waals surface area contributed by atoms with Crippen molar-refractivity contribution in [2.45, 2.75) is 224 Å². The van der Waals surface area contributed by atoms with Crippen molar-refractivity contribution in [2.75, 3.05) is 96.3 Å². The molecular formula is C93H126N20O17. The number of nitrogens with one attached hydrogen (secondary N) is 3. The predicted molar refractivity (Wildman–Crippen MR) is 483 cm³/mol. The van der Waals surface area contributed by atoms with Crippen LogP contribution in [0.3, 0.4) is 0 Å². The number of ether oxygens (including phenoxy) is 6. The molecule has 5 aromatic heterocycles. The molecule has 13 rings (SSSR count). The first-order chi connectivity index (χ1) is 62.6. The lowest BCUT2D eigenvalue weighted by Crippen LogP contribution is -2.61. The predicted octanol–water partition coefficient (Wildman–Crippen LogP) is 7.01. The van der Waals surface area contributed by atoms with Gasteiger partial charge < -0.3 is 90.8 Å². The smallest absolute Gasteiger partial charge is 0.329 e. The molecule has 15 atom stereocenters. The molecule has 12 N–H and O–H groups in total. The van der Waals surface area contributed by atoms with Crippen LogP contribution in [0.4, 0.5) is 17.8 Å². The number of nitrogens with two attached hydrogens (primary N) is 3. The minimum atomic E-state index is -2.51. The van der Waals surface area contributed by atoms with Gasteiger partial charge in [-0.1, -0.05) is 87.6 Å². The number of carbonyl (C=O) groups is 7. The highest BCUT2D eigenvalue weighted by atomic mass is 16.6. The summed E-state index contributed by atoms with van der Waals surface area (Å²) >= 11 is 0. The number of amides is 3. The molecule has 37 heteroatoms. The monoisotopic (exact) mass is 1790 g/mol. The van der Waals surface area contributed by atoms with Crippen molar-refractivity contribution in [3.05, 3.63) is 132 Å². The Morgan fingerprint density at radius 3 is 2.35 bits per heavy atom. The first-order valence-corrected chi connectivity index (χ1v) is 45.5. The number of oxazole rings is 1. The Morgan fingerprint density at radius 2 is 1.57 bits per heavy atom. The van der Waals surface area contributed by atoms with Crippen LogP contribution in [-0.2, 0) is 81.5 Å². The lowest BCUT2D eigenvalue weighted by Gasteiger charge is -2.43. The quantitative estimate of drug-likeness (QED) is 0.0108. The maximum atomic E-state index is 14.9. The van der Waals surface area contributed by atoms with Crippen LogP contribution in [0.1, 0.15) is 156 Å². The van der Waals surface area contributed by atoms with Crippen molar-refractivity contribution < 1.29 is 81.7 Å². The molecule has 700 valence electrons. The number of hydrazine groups is 2. The van der Waals surface area contributed by atoms with Crippen LogP contribution in [0.5, 0.6) is 0 Å². The van der Waals surface area contributed by atoms with E-state index in [1.54, 1.807) is 62.8 Å². The summed E-state index contributed by atoms with van der Waals surface area (Å²) in [6.45, 7) is 15.3. The van der Waals surface area contributed by atoms with E-state index < -0.39 is 95.4 Å². The maximum Gasteiger partial charge on any atom is 0.329 e. The number of Topliss-reactive ketones (excluding diaryl/α,β-unsaturated/α-hetero) is 3. The second-order valence-electron chi connectivity index (χ2n) is 35.2. The molecule has 1 aliphatic carbocycles. The number of anilines is 3. The van der Waals surface area contributed by atoms with Crippen LogP contribution < -0.4 is 38.4 Å². The van der Waals surface area contributed by atoms with E-state index in [9.17, 15) is 48.9 Å². The minimum Gasteiger partial charge on any atom is -0.459 e. The highest BCUT2D eigenvalue weighted by Crippen LogP contribution is 2.41. The largest absolute Gasteiger partial charge is 0.459 e. The van der Waals surface area contributed by atoms with Crippen LogP contribution in [0.25, 0.3) is 50.2 Å². The Labute approximate surface area is 756 Å². The fraction of sp³-hybridized carbons (Fsp3) is 0.559. The van der Waals surface area contributed by atoms with Crippen molar-refractivity contribution in [2.24, 2.45) is 35.3 Å². The second-order valence-corrected chi connectivity index (χ2v) is 35.2. The fourth-order valence-electron chi connectivity index (χ4n) is 18.2. The Balaban J connectivity index is 0.548. The number of piperidine rings is 1. The van der Waals surface area contributed by atoms with Gasteiger partial charge >= 0.3 is 5.97 Å². The summed E-state index contributed by atoms with van der Waals surface area (Å²) in [4.78, 5) is 126. The number of hydrogen-bond donors (Lipinski definition) is 9. The van der Waals surface area contributed by atoms with E-state index in [0.717, 1.165) is 44.8 Å². The number of unbranched alkanes of at least 4 members (excludes halogenated alkanes) is 1. The van der Waals surface area contributed by atoms with Gasteiger partial charge in [-0.2, -0.15) is 10.1 Å². The first kappa shape index (κ1) is 96.4. The zero-order valence-corrected chi connectivity index (χ0v) is 75.5. The third kappa shape index (κ3) is 24.2. The number of ketones is 3. The molecule has 1 saturated carbocycles. The highest BCUT2D eigenvalue weighted by molar-refractivity contribution is 6.39. The third-order valence-corrected chi connectivity index (χ3v) is 25.9. The molecule has 130 heavy (non-hydrogen) atoms. The molecular weight excluding hydrogens is 1670 g/mol. The molecule has 0 spiro atoms. The Kier molecular flexibility index (Phi) is 33.5. The molecule has 3 saturated heterocycles. The molecule has 0 radical (unpaired) electrons. The van der Waals surface area contributed by atoms with Crippen molar-refractivity contribution >= 4 is 86.7 Å². The van der Waals surface area contributed by atoms with Crippen molar-refractivity contribution in [3.63, 3.8) is 0 Å². The zero-order chi connectivity index (χ0) is 92.3. The molecule has 10 heterocycles. The number of fused-ring (bicyclic) bond motifs is 5. The third-order valence-electron chi connectivity index (χ3n) is 25.9. The van der Waals surface area contributed by atoms with E-state index in [4.69, 9.17) is 65.1 Å². The molecule has 6 aliphatic rings. The van der Waals surface area contributed by atoms with Crippen LogP contribution in [-0.4, -0.2) is 261 Å². The number of allylic oxidation sites excluding steroid dienone is 6. The van der Waals surface area contributed by atoms with Crippen LogP contribution in [0.2, 0.25) is 0 Å². The number of nitrogen functional groups attached to an aromatic ring is 2. The molecule has 7 aromatic rings. The first-order valence-electron chi connectivity index (χ1n) is 45.5. The van der Waals surface area contributed by atoms with Crippen LogP contribution in [0, 0.1) is 29.6 Å². The summed E-state index contributed by atoms with van der Waals surface area (Å²) in [7, 11) is 3.22. The van der Waals surface area contributed by atoms with E-state index in [-0.39, 0.29) is 92.6 Å². The summed E-state index contributed by atoms with van der Waals surface area (Å²) in [5.41, 5.74) is 34.2. The lowest BCUT2D eigenvalue weighted by molar-refractivity contribution is -0.265. The van der Waals surface area contributed by atoms with Crippen LogP contribution in [0.15, 0.2) is 126 Å². The van der Waals surface area contributed by atoms with Gasteiger partial charge in [0.25, 0.3) is 17.7 Å². The standard InChI is InChI=1S/C93H126N20O17/c1-56-17-10-9-11-18-57(2)76(124-7)49-68-26-22-61(6)93(123,130-68)86(120)89(121)111-32-14-12-21-72(111)90(122)128-77(50-74(114)58(3)44-60(5)84(118)85(119)83(117)59(4)43-56)69(94)45-62-23-27-71(78(46-62)125-8)113-73(53-102-106-113)64-20-16-19-63(47-64)66-51-98-92(99-52-66)109-36-34-108(35-37-109)80(116)29-25-67-54-110(107-104-67)38-40-127-42-41-126-39-30-79(115)97-31-13-15-33-112-88-81(87(95)100-55-101-88)82(105-112)65-24-28-75-70(48-65)103-91(96)129-75/h9-11,16-20,24,28,44,47-48,51-56,58-59,61-62,68-69,71-72,76-78,84-85,102,106,118-119,123H,12-15,21-23,25-27,29-43,45-46,49-50,94H2,1-8H3,(H2,96,103)(H,97,115)(H2,95,100,101)/b11-9+,17-10+,57-18+,60-44+/t56-,58-,59-,61-,62+,68+,69-,71+,72+,76+,77+,78-,84-,85+,93-/m1/s1. The number of cyclic esters (lactones) is 1. The summed E-state index contributed by atoms with van der Waals surface area (Å²) in [5.74, 6) is -8.32. The molecule has 5 aliphatic heterocycles. The minimum absolute atomic E-state index is 0.00971. The van der Waals surface area contributed by atoms with Gasteiger partial charge in [0.15, 0.2) is 17.0 Å².